The minimum absolute atomic E-state index is 0.190. The number of ether oxygens (including phenoxy) is 1. The number of hydrogen-bond acceptors (Lipinski definition) is 7. The Bertz CT molecular complexity index is 1290. The summed E-state index contributed by atoms with van der Waals surface area (Å²) in [6, 6.07) is 13.8. The first-order valence-electron chi connectivity index (χ1n) is 10.2. The molecule has 0 bridgehead atoms. The van der Waals surface area contributed by atoms with E-state index in [1.165, 1.54) is 36.5 Å². The van der Waals surface area contributed by atoms with Crippen molar-refractivity contribution in [2.75, 3.05) is 13.2 Å². The van der Waals surface area contributed by atoms with Gasteiger partial charge >= 0.3 is 6.36 Å². The lowest BCUT2D eigenvalue weighted by Gasteiger charge is -2.32. The molecule has 2 aromatic carbocycles. The van der Waals surface area contributed by atoms with Gasteiger partial charge in [0.15, 0.2) is 17.3 Å². The number of alkyl halides is 3. The lowest BCUT2D eigenvalue weighted by Crippen LogP contribution is -2.47. The van der Waals surface area contributed by atoms with Gasteiger partial charge in [0, 0.05) is 11.8 Å². The Labute approximate surface area is 191 Å². The van der Waals surface area contributed by atoms with Crippen LogP contribution in [0.25, 0.3) is 11.1 Å². The van der Waals surface area contributed by atoms with Gasteiger partial charge in [0.05, 0.1) is 12.7 Å². The first kappa shape index (κ1) is 21.7. The fourth-order valence-electron chi connectivity index (χ4n) is 4.11. The van der Waals surface area contributed by atoms with Crippen LogP contribution >= 0.6 is 0 Å². The molecule has 0 radical (unpaired) electrons. The maximum absolute atomic E-state index is 13.8. The maximum atomic E-state index is 13.8. The zero-order valence-electron chi connectivity index (χ0n) is 17.5. The highest BCUT2D eigenvalue weighted by molar-refractivity contribution is 6.12. The molecule has 2 N–H and O–H groups in total. The van der Waals surface area contributed by atoms with E-state index in [-0.39, 0.29) is 11.7 Å². The third kappa shape index (κ3) is 3.78. The van der Waals surface area contributed by atoms with Gasteiger partial charge in [-0.2, -0.15) is 0 Å². The van der Waals surface area contributed by atoms with Crippen LogP contribution in [-0.4, -0.2) is 41.2 Å². The van der Waals surface area contributed by atoms with Gasteiger partial charge in [-0.3, -0.25) is 9.88 Å². The molecule has 0 saturated heterocycles. The Hall–Kier alpha value is -4.15. The number of amidine groups is 1. The van der Waals surface area contributed by atoms with Crippen molar-refractivity contribution in [3.05, 3.63) is 83.9 Å². The van der Waals surface area contributed by atoms with Gasteiger partial charge in [0.1, 0.15) is 18.2 Å². The quantitative estimate of drug-likeness (QED) is 0.582. The highest BCUT2D eigenvalue weighted by Crippen LogP contribution is 2.43. The molecule has 2 aliphatic heterocycles. The first-order valence-corrected chi connectivity index (χ1v) is 10.2. The average Bonchev–Trinajstić information content (AvgIpc) is 3.12. The average molecular weight is 471 g/mol. The van der Waals surface area contributed by atoms with E-state index in [4.69, 9.17) is 15.6 Å². The summed E-state index contributed by atoms with van der Waals surface area (Å²) in [6.07, 6.45) is -2.19. The fraction of sp³-hybridized carbons (Fsp3) is 0.174. The zero-order valence-corrected chi connectivity index (χ0v) is 17.5. The van der Waals surface area contributed by atoms with Crippen molar-refractivity contribution in [3.8, 4) is 16.9 Å². The Kier molecular flexibility index (Phi) is 5.11. The number of fused-ring (bicyclic) bond motifs is 1. The fourth-order valence-corrected chi connectivity index (χ4v) is 4.11. The molecule has 0 aliphatic carbocycles. The van der Waals surface area contributed by atoms with Gasteiger partial charge < -0.3 is 15.3 Å². The van der Waals surface area contributed by atoms with Crippen LogP contribution in [0.2, 0.25) is 0 Å². The van der Waals surface area contributed by atoms with E-state index < -0.39 is 17.7 Å². The van der Waals surface area contributed by atoms with Crippen LogP contribution < -0.4 is 10.5 Å². The molecule has 11 heteroatoms. The van der Waals surface area contributed by atoms with E-state index in [1.807, 2.05) is 0 Å². The molecule has 174 valence electrons. The number of oxime groups is 1. The van der Waals surface area contributed by atoms with E-state index in [0.29, 0.717) is 41.2 Å². The molecule has 0 fully saturated rings. The number of nitrogens with two attached hydrogens (primary N) is 1. The van der Waals surface area contributed by atoms with E-state index in [2.05, 4.69) is 14.9 Å². The van der Waals surface area contributed by atoms with Crippen LogP contribution in [-0.2, 0) is 10.4 Å². The third-order valence-corrected chi connectivity index (χ3v) is 5.52. The standard InChI is InChI=1S/C23H17F4N5O2/c24-18-11-15(12-29-13-18)14-2-1-3-17(10-14)22(20-31-33-9-8-32(20)21(28)30-22)16-4-6-19(7-5-16)34-23(25,26)27/h1-7,10-13H,8-9H2,(H2,28,30). The minimum atomic E-state index is -4.82. The largest absolute Gasteiger partial charge is 0.573 e. The summed E-state index contributed by atoms with van der Waals surface area (Å²) >= 11 is 0. The number of halogens is 4. The summed E-state index contributed by atoms with van der Waals surface area (Å²) in [7, 11) is 0. The molecule has 1 aromatic heterocycles. The number of pyridine rings is 1. The second kappa shape index (κ2) is 8.01. The molecule has 0 amide bonds. The van der Waals surface area contributed by atoms with Crippen LogP contribution in [0.1, 0.15) is 11.1 Å². The molecular formula is C23H17F4N5O2. The van der Waals surface area contributed by atoms with Crippen molar-refractivity contribution in [1.29, 1.82) is 0 Å². The molecule has 1 atom stereocenters. The van der Waals surface area contributed by atoms with Gasteiger partial charge in [-0.15, -0.1) is 13.2 Å². The summed E-state index contributed by atoms with van der Waals surface area (Å²) in [5.41, 5.74) is 7.22. The van der Waals surface area contributed by atoms with Gasteiger partial charge in [0.2, 0.25) is 0 Å². The lowest BCUT2D eigenvalue weighted by molar-refractivity contribution is -0.274. The van der Waals surface area contributed by atoms with Crippen LogP contribution in [0.5, 0.6) is 5.75 Å². The predicted octanol–water partition coefficient (Wildman–Crippen LogP) is 4.00. The number of benzene rings is 2. The van der Waals surface area contributed by atoms with Crippen molar-refractivity contribution in [1.82, 2.24) is 9.88 Å². The van der Waals surface area contributed by atoms with Crippen molar-refractivity contribution in [2.45, 2.75) is 11.9 Å². The van der Waals surface area contributed by atoms with Crippen molar-refractivity contribution >= 4 is 11.8 Å². The molecule has 1 unspecified atom stereocenters. The molecule has 0 saturated carbocycles. The molecular weight excluding hydrogens is 454 g/mol. The van der Waals surface area contributed by atoms with Crippen LogP contribution in [0, 0.1) is 5.82 Å². The van der Waals surface area contributed by atoms with E-state index in [9.17, 15) is 17.6 Å². The SMILES string of the molecule is NC1=NC(c2ccc(OC(F)(F)F)cc2)(c2cccc(-c3cncc(F)c3)c2)C2=NOCCN12. The van der Waals surface area contributed by atoms with Gasteiger partial charge in [-0.1, -0.05) is 35.5 Å². The summed E-state index contributed by atoms with van der Waals surface area (Å²) in [5.74, 6) is -0.303. The van der Waals surface area contributed by atoms with Crippen LogP contribution in [0.3, 0.4) is 0 Å². The number of rotatable bonds is 4. The molecule has 3 aromatic rings. The Morgan fingerprint density at radius 2 is 1.79 bits per heavy atom. The zero-order chi connectivity index (χ0) is 23.9. The molecule has 3 heterocycles. The van der Waals surface area contributed by atoms with Crippen molar-refractivity contribution < 1.29 is 27.1 Å². The molecule has 5 rings (SSSR count). The molecule has 2 aliphatic rings. The second-order valence-electron chi connectivity index (χ2n) is 7.62. The Balaban J connectivity index is 1.67. The maximum Gasteiger partial charge on any atom is 0.573 e. The van der Waals surface area contributed by atoms with Gasteiger partial charge in [-0.05, 0) is 41.0 Å². The van der Waals surface area contributed by atoms with E-state index in [1.54, 1.807) is 29.2 Å². The number of nitrogens with zero attached hydrogens (tertiary/aromatic N) is 4. The predicted molar refractivity (Wildman–Crippen MR) is 115 cm³/mol. The smallest absolute Gasteiger partial charge is 0.406 e. The van der Waals surface area contributed by atoms with E-state index in [0.717, 1.165) is 6.20 Å². The first-order chi connectivity index (χ1) is 16.3. The Morgan fingerprint density at radius 3 is 2.53 bits per heavy atom. The number of hydrogen-bond donors (Lipinski definition) is 1. The van der Waals surface area contributed by atoms with Crippen molar-refractivity contribution in [2.24, 2.45) is 15.9 Å². The Morgan fingerprint density at radius 1 is 1.00 bits per heavy atom. The summed E-state index contributed by atoms with van der Waals surface area (Å²) in [6.45, 7) is 0.696. The molecule has 34 heavy (non-hydrogen) atoms. The molecule has 7 nitrogen and oxygen atoms in total. The second-order valence-corrected chi connectivity index (χ2v) is 7.62. The summed E-state index contributed by atoms with van der Waals surface area (Å²) in [5, 5.41) is 4.21. The summed E-state index contributed by atoms with van der Waals surface area (Å²) in [4.78, 5) is 15.6. The topological polar surface area (TPSA) is 85.3 Å². The van der Waals surface area contributed by atoms with Gasteiger partial charge in [0.25, 0.3) is 0 Å². The minimum Gasteiger partial charge on any atom is -0.406 e. The highest BCUT2D eigenvalue weighted by Gasteiger charge is 2.50. The normalized spacial score (nSPS) is 19.7. The summed E-state index contributed by atoms with van der Waals surface area (Å²) < 4.78 is 55.8. The van der Waals surface area contributed by atoms with Crippen LogP contribution in [0.15, 0.2) is 77.1 Å². The van der Waals surface area contributed by atoms with Gasteiger partial charge in [-0.25, -0.2) is 9.38 Å². The van der Waals surface area contributed by atoms with Crippen LogP contribution in [0.4, 0.5) is 17.6 Å². The van der Waals surface area contributed by atoms with Crippen molar-refractivity contribution in [3.63, 3.8) is 0 Å². The third-order valence-electron chi connectivity index (χ3n) is 5.52. The van der Waals surface area contributed by atoms with E-state index >= 15 is 0 Å². The number of aliphatic imine (C=N–C) groups is 1. The number of guanidine groups is 1. The molecule has 0 spiro atoms. The highest BCUT2D eigenvalue weighted by atomic mass is 19.4. The number of aromatic nitrogens is 1. The monoisotopic (exact) mass is 471 g/mol. The lowest BCUT2D eigenvalue weighted by atomic mass is 9.81.